The van der Waals surface area contributed by atoms with Crippen molar-refractivity contribution < 1.29 is 22.7 Å². The third-order valence-corrected chi connectivity index (χ3v) is 8.60. The summed E-state index contributed by atoms with van der Waals surface area (Å²) >= 11 is 12.6. The van der Waals surface area contributed by atoms with Crippen LogP contribution in [-0.2, 0) is 26.2 Å². The highest BCUT2D eigenvalue weighted by molar-refractivity contribution is 7.92. The Morgan fingerprint density at radius 1 is 1.00 bits per heavy atom. The second-order valence-corrected chi connectivity index (χ2v) is 11.8. The summed E-state index contributed by atoms with van der Waals surface area (Å²) in [4.78, 5) is 28.3. The Bertz CT molecular complexity index is 1420. The number of ether oxygens (including phenoxy) is 1. The number of hydrogen-bond donors (Lipinski definition) is 1. The molecule has 3 aromatic rings. The van der Waals surface area contributed by atoms with Gasteiger partial charge < -0.3 is 15.0 Å². The predicted molar refractivity (Wildman–Crippen MR) is 158 cm³/mol. The van der Waals surface area contributed by atoms with Crippen LogP contribution < -0.4 is 14.4 Å². The smallest absolute Gasteiger partial charge is 0.264 e. The molecule has 11 heteroatoms. The summed E-state index contributed by atoms with van der Waals surface area (Å²) in [5, 5.41) is 3.20. The van der Waals surface area contributed by atoms with Gasteiger partial charge in [0.05, 0.1) is 22.7 Å². The highest BCUT2D eigenvalue weighted by Gasteiger charge is 2.33. The van der Waals surface area contributed by atoms with E-state index in [0.717, 1.165) is 17.1 Å². The number of benzene rings is 3. The number of nitrogens with zero attached hydrogens (tertiary/aromatic N) is 2. The van der Waals surface area contributed by atoms with Crippen LogP contribution in [0.15, 0.2) is 77.7 Å². The Morgan fingerprint density at radius 2 is 1.73 bits per heavy atom. The van der Waals surface area contributed by atoms with E-state index in [1.54, 1.807) is 49.4 Å². The number of hydrogen-bond acceptors (Lipinski definition) is 5. The van der Waals surface area contributed by atoms with Crippen LogP contribution in [0, 0.1) is 0 Å². The van der Waals surface area contributed by atoms with E-state index in [1.165, 1.54) is 42.3 Å². The lowest BCUT2D eigenvalue weighted by Gasteiger charge is -2.32. The van der Waals surface area contributed by atoms with Crippen LogP contribution in [0.4, 0.5) is 5.69 Å². The number of amides is 2. The number of anilines is 1. The van der Waals surface area contributed by atoms with Crippen molar-refractivity contribution in [3.63, 3.8) is 0 Å². The summed E-state index contributed by atoms with van der Waals surface area (Å²) < 4.78 is 33.9. The minimum atomic E-state index is -4.25. The molecular formula is C29H33Cl2N3O5S. The van der Waals surface area contributed by atoms with Gasteiger partial charge in [-0.25, -0.2) is 8.42 Å². The van der Waals surface area contributed by atoms with Crippen molar-refractivity contribution in [2.24, 2.45) is 0 Å². The molecule has 0 saturated heterocycles. The standard InChI is InChI=1S/C29H33Cl2N3O5S/c1-4-5-16-32-29(36)21(2)33(19-22-10-9-11-24(17-22)39-3)28(35)20-34(27-18-23(30)14-15-26(27)31)40(37,38)25-12-7-6-8-13-25/h6-15,17-18,21H,4-5,16,19-20H2,1-3H3,(H,32,36). The largest absolute Gasteiger partial charge is 0.497 e. The summed E-state index contributed by atoms with van der Waals surface area (Å²) in [6.07, 6.45) is 1.69. The van der Waals surface area contributed by atoms with E-state index < -0.39 is 28.5 Å². The molecule has 0 radical (unpaired) electrons. The van der Waals surface area contributed by atoms with Gasteiger partial charge in [0.15, 0.2) is 0 Å². The molecule has 1 unspecified atom stereocenters. The van der Waals surface area contributed by atoms with Gasteiger partial charge in [0.25, 0.3) is 10.0 Å². The van der Waals surface area contributed by atoms with Crippen molar-refractivity contribution in [1.29, 1.82) is 0 Å². The third-order valence-electron chi connectivity index (χ3n) is 6.27. The van der Waals surface area contributed by atoms with Gasteiger partial charge in [-0.3, -0.25) is 13.9 Å². The van der Waals surface area contributed by atoms with Gasteiger partial charge in [-0.15, -0.1) is 0 Å². The van der Waals surface area contributed by atoms with Crippen LogP contribution in [0.5, 0.6) is 5.75 Å². The summed E-state index contributed by atoms with van der Waals surface area (Å²) in [5.41, 5.74) is 0.756. The first-order valence-electron chi connectivity index (χ1n) is 12.8. The summed E-state index contributed by atoms with van der Waals surface area (Å²) in [6, 6.07) is 18.3. The van der Waals surface area contributed by atoms with Crippen LogP contribution >= 0.6 is 23.2 Å². The lowest BCUT2D eigenvalue weighted by atomic mass is 10.1. The summed E-state index contributed by atoms with van der Waals surface area (Å²) in [6.45, 7) is 3.51. The molecule has 40 heavy (non-hydrogen) atoms. The van der Waals surface area contributed by atoms with Crippen molar-refractivity contribution in [3.8, 4) is 5.75 Å². The average Bonchev–Trinajstić information content (AvgIpc) is 2.96. The molecule has 0 aliphatic carbocycles. The van der Waals surface area contributed by atoms with Crippen LogP contribution in [0.1, 0.15) is 32.3 Å². The molecule has 0 aromatic heterocycles. The topological polar surface area (TPSA) is 96.0 Å². The molecule has 214 valence electrons. The van der Waals surface area contributed by atoms with Crippen LogP contribution in [0.3, 0.4) is 0 Å². The number of carbonyl (C=O) groups is 2. The third kappa shape index (κ3) is 7.90. The van der Waals surface area contributed by atoms with Gasteiger partial charge in [0, 0.05) is 18.1 Å². The molecule has 0 saturated carbocycles. The first-order chi connectivity index (χ1) is 19.1. The van der Waals surface area contributed by atoms with Gasteiger partial charge in [0.2, 0.25) is 11.8 Å². The van der Waals surface area contributed by atoms with Crippen molar-refractivity contribution in [2.45, 2.75) is 44.2 Å². The summed E-state index contributed by atoms with van der Waals surface area (Å²) in [7, 11) is -2.71. The molecule has 1 N–H and O–H groups in total. The molecule has 1 atom stereocenters. The second-order valence-electron chi connectivity index (χ2n) is 9.11. The van der Waals surface area contributed by atoms with Gasteiger partial charge in [-0.2, -0.15) is 0 Å². The second kappa shape index (κ2) is 14.4. The molecule has 0 fully saturated rings. The monoisotopic (exact) mass is 605 g/mol. The number of rotatable bonds is 13. The highest BCUT2D eigenvalue weighted by Crippen LogP contribution is 2.33. The van der Waals surface area contributed by atoms with Gasteiger partial charge in [-0.05, 0) is 61.4 Å². The number of carbonyl (C=O) groups excluding carboxylic acids is 2. The zero-order valence-corrected chi connectivity index (χ0v) is 25.0. The molecule has 0 bridgehead atoms. The van der Waals surface area contributed by atoms with E-state index in [9.17, 15) is 18.0 Å². The quantitative estimate of drug-likeness (QED) is 0.258. The highest BCUT2D eigenvalue weighted by atomic mass is 35.5. The zero-order valence-electron chi connectivity index (χ0n) is 22.6. The Morgan fingerprint density at radius 3 is 2.40 bits per heavy atom. The first kappa shape index (κ1) is 31.3. The molecule has 0 aliphatic heterocycles. The number of sulfonamides is 1. The molecule has 8 nitrogen and oxygen atoms in total. The SMILES string of the molecule is CCCCNC(=O)C(C)N(Cc1cccc(OC)c1)C(=O)CN(c1cc(Cl)ccc1Cl)S(=O)(=O)c1ccccc1. The van der Waals surface area contributed by atoms with E-state index in [-0.39, 0.29) is 33.1 Å². The van der Waals surface area contributed by atoms with Crippen molar-refractivity contribution in [3.05, 3.63) is 88.4 Å². The lowest BCUT2D eigenvalue weighted by Crippen LogP contribution is -2.51. The summed E-state index contributed by atoms with van der Waals surface area (Å²) in [5.74, 6) is -0.358. The van der Waals surface area contributed by atoms with E-state index in [1.807, 2.05) is 6.92 Å². The average molecular weight is 607 g/mol. The predicted octanol–water partition coefficient (Wildman–Crippen LogP) is 5.53. The molecule has 0 aliphatic rings. The number of unbranched alkanes of at least 4 members (excludes halogenated alkanes) is 1. The number of methoxy groups -OCH3 is 1. The molecule has 3 aromatic carbocycles. The fraction of sp³-hybridized carbons (Fsp3) is 0.310. The van der Waals surface area contributed by atoms with Crippen molar-refractivity contribution in [1.82, 2.24) is 10.2 Å². The maximum Gasteiger partial charge on any atom is 0.264 e. The maximum absolute atomic E-state index is 14.0. The van der Waals surface area contributed by atoms with Crippen LogP contribution in [0.25, 0.3) is 0 Å². The molecular weight excluding hydrogens is 573 g/mol. The van der Waals surface area contributed by atoms with E-state index in [4.69, 9.17) is 27.9 Å². The normalized spacial score (nSPS) is 11.9. The Balaban J connectivity index is 2.04. The Hall–Kier alpha value is -3.27. The van der Waals surface area contributed by atoms with Crippen molar-refractivity contribution >= 4 is 50.7 Å². The minimum absolute atomic E-state index is 0.0245. The first-order valence-corrected chi connectivity index (χ1v) is 15.0. The van der Waals surface area contributed by atoms with Crippen LogP contribution in [0.2, 0.25) is 10.0 Å². The zero-order chi connectivity index (χ0) is 29.3. The maximum atomic E-state index is 14.0. The molecule has 0 spiro atoms. The van der Waals surface area contributed by atoms with Gasteiger partial charge >= 0.3 is 0 Å². The minimum Gasteiger partial charge on any atom is -0.497 e. The van der Waals surface area contributed by atoms with E-state index >= 15 is 0 Å². The van der Waals surface area contributed by atoms with Gasteiger partial charge in [0.1, 0.15) is 18.3 Å². The Labute approximate surface area is 245 Å². The molecule has 3 rings (SSSR count). The fourth-order valence-corrected chi connectivity index (χ4v) is 5.88. The van der Waals surface area contributed by atoms with Gasteiger partial charge in [-0.1, -0.05) is 66.9 Å². The lowest BCUT2D eigenvalue weighted by molar-refractivity contribution is -0.139. The van der Waals surface area contributed by atoms with E-state index in [0.29, 0.717) is 17.9 Å². The van der Waals surface area contributed by atoms with E-state index in [2.05, 4.69) is 5.32 Å². The van der Waals surface area contributed by atoms with Crippen molar-refractivity contribution in [2.75, 3.05) is 24.5 Å². The molecule has 2 amide bonds. The molecule has 0 heterocycles. The van der Waals surface area contributed by atoms with Crippen LogP contribution in [-0.4, -0.2) is 51.4 Å². The Kier molecular flexibility index (Phi) is 11.2. The number of halogens is 2. The fourth-order valence-electron chi connectivity index (χ4n) is 4.00. The number of nitrogens with one attached hydrogen (secondary N) is 1.